The number of benzene rings is 1. The van der Waals surface area contributed by atoms with E-state index in [-0.39, 0.29) is 0 Å². The number of rotatable bonds is 3. The van der Waals surface area contributed by atoms with Crippen molar-refractivity contribution in [2.24, 2.45) is 0 Å². The van der Waals surface area contributed by atoms with Crippen LogP contribution in [-0.4, -0.2) is 12.3 Å². The van der Waals surface area contributed by atoms with Crippen molar-refractivity contribution < 1.29 is 0 Å². The Hall–Kier alpha value is -0.630. The van der Waals surface area contributed by atoms with Crippen molar-refractivity contribution in [2.45, 2.75) is 31.7 Å². The fraction of sp³-hybridized carbons (Fsp3) is 0.455. The summed E-state index contributed by atoms with van der Waals surface area (Å²) in [6.45, 7) is 6.48. The van der Waals surface area contributed by atoms with Gasteiger partial charge in [0.2, 0.25) is 0 Å². The molecule has 1 aromatic rings. The average Bonchev–Trinajstić information content (AvgIpc) is 2.08. The van der Waals surface area contributed by atoms with Gasteiger partial charge in [0, 0.05) is 16.6 Å². The number of hydrogen-bond donors (Lipinski definition) is 1. The second-order valence-corrected chi connectivity index (χ2v) is 4.28. The summed E-state index contributed by atoms with van der Waals surface area (Å²) >= 11 is 1.80. The third-order valence-electron chi connectivity index (χ3n) is 1.95. The van der Waals surface area contributed by atoms with E-state index in [0.29, 0.717) is 6.04 Å². The van der Waals surface area contributed by atoms with Crippen LogP contribution in [0.15, 0.2) is 23.1 Å². The predicted octanol–water partition coefficient (Wildman–Crippen LogP) is 3.54. The van der Waals surface area contributed by atoms with E-state index in [0.717, 1.165) is 0 Å². The van der Waals surface area contributed by atoms with E-state index < -0.39 is 0 Å². The van der Waals surface area contributed by atoms with Gasteiger partial charge in [-0.3, -0.25) is 0 Å². The lowest BCUT2D eigenvalue weighted by atomic mass is 10.2. The van der Waals surface area contributed by atoms with Crippen molar-refractivity contribution >= 4 is 17.4 Å². The van der Waals surface area contributed by atoms with E-state index >= 15 is 0 Å². The zero-order valence-corrected chi connectivity index (χ0v) is 9.53. The minimum atomic E-state index is 0.496. The summed E-state index contributed by atoms with van der Waals surface area (Å²) < 4.78 is 0. The molecule has 13 heavy (non-hydrogen) atoms. The number of hydrogen-bond acceptors (Lipinski definition) is 2. The molecule has 1 aromatic carbocycles. The molecule has 1 N–H and O–H groups in total. The molecule has 0 aliphatic heterocycles. The largest absolute Gasteiger partial charge is 0.383 e. The SMILES string of the molecule is CSc1cccc(NC(C)C)c1C. The number of nitrogens with one attached hydrogen (secondary N) is 1. The van der Waals surface area contributed by atoms with Gasteiger partial charge in [-0.1, -0.05) is 6.07 Å². The summed E-state index contributed by atoms with van der Waals surface area (Å²) in [7, 11) is 0. The van der Waals surface area contributed by atoms with Crippen molar-refractivity contribution in [1.82, 2.24) is 0 Å². The van der Waals surface area contributed by atoms with E-state index in [1.54, 1.807) is 11.8 Å². The topological polar surface area (TPSA) is 12.0 Å². The van der Waals surface area contributed by atoms with Crippen LogP contribution in [0.2, 0.25) is 0 Å². The maximum atomic E-state index is 3.43. The highest BCUT2D eigenvalue weighted by atomic mass is 32.2. The van der Waals surface area contributed by atoms with Crippen molar-refractivity contribution in [3.63, 3.8) is 0 Å². The molecule has 0 fully saturated rings. The zero-order valence-electron chi connectivity index (χ0n) is 8.72. The number of thioether (sulfide) groups is 1. The molecule has 0 amide bonds. The monoisotopic (exact) mass is 195 g/mol. The standard InChI is InChI=1S/C11H17NS/c1-8(2)12-10-6-5-7-11(13-4)9(10)3/h5-8,12H,1-4H3. The molecule has 0 unspecified atom stereocenters. The first-order valence-electron chi connectivity index (χ1n) is 4.55. The van der Waals surface area contributed by atoms with Crippen LogP contribution in [0.5, 0.6) is 0 Å². The molecular formula is C11H17NS. The summed E-state index contributed by atoms with van der Waals surface area (Å²) in [6, 6.07) is 6.89. The highest BCUT2D eigenvalue weighted by Crippen LogP contribution is 2.26. The van der Waals surface area contributed by atoms with Crippen LogP contribution in [0.3, 0.4) is 0 Å². The molecule has 1 nitrogen and oxygen atoms in total. The minimum absolute atomic E-state index is 0.496. The van der Waals surface area contributed by atoms with Crippen LogP contribution in [0.1, 0.15) is 19.4 Å². The molecule has 0 spiro atoms. The molecule has 0 radical (unpaired) electrons. The summed E-state index contributed by atoms with van der Waals surface area (Å²) in [4.78, 5) is 1.35. The third-order valence-corrected chi connectivity index (χ3v) is 2.83. The fourth-order valence-corrected chi connectivity index (χ4v) is 1.93. The van der Waals surface area contributed by atoms with Gasteiger partial charge in [-0.25, -0.2) is 0 Å². The van der Waals surface area contributed by atoms with Gasteiger partial charge in [0.05, 0.1) is 0 Å². The zero-order chi connectivity index (χ0) is 9.84. The Morgan fingerprint density at radius 3 is 2.54 bits per heavy atom. The van der Waals surface area contributed by atoms with Gasteiger partial charge in [-0.2, -0.15) is 0 Å². The molecule has 72 valence electrons. The highest BCUT2D eigenvalue weighted by molar-refractivity contribution is 7.98. The van der Waals surface area contributed by atoms with E-state index in [2.05, 4.69) is 50.5 Å². The van der Waals surface area contributed by atoms with E-state index in [4.69, 9.17) is 0 Å². The molecule has 0 atom stereocenters. The second kappa shape index (κ2) is 4.56. The third kappa shape index (κ3) is 2.66. The normalized spacial score (nSPS) is 10.5. The first kappa shape index (κ1) is 10.5. The van der Waals surface area contributed by atoms with Crippen LogP contribution in [0.4, 0.5) is 5.69 Å². The fourth-order valence-electron chi connectivity index (χ4n) is 1.30. The van der Waals surface area contributed by atoms with Gasteiger partial charge in [0.25, 0.3) is 0 Å². The summed E-state index contributed by atoms with van der Waals surface area (Å²) in [5.74, 6) is 0. The summed E-state index contributed by atoms with van der Waals surface area (Å²) in [5.41, 5.74) is 2.60. The lowest BCUT2D eigenvalue weighted by Crippen LogP contribution is -2.10. The molecule has 0 saturated carbocycles. The first-order chi connectivity index (χ1) is 6.15. The van der Waals surface area contributed by atoms with Gasteiger partial charge in [-0.15, -0.1) is 11.8 Å². The Morgan fingerprint density at radius 2 is 2.00 bits per heavy atom. The van der Waals surface area contributed by atoms with Gasteiger partial charge in [-0.05, 0) is 44.7 Å². The summed E-state index contributed by atoms with van der Waals surface area (Å²) in [5, 5.41) is 3.43. The maximum Gasteiger partial charge on any atom is 0.0383 e. The molecule has 0 aromatic heterocycles. The van der Waals surface area contributed by atoms with Gasteiger partial charge < -0.3 is 5.32 Å². The molecule has 2 heteroatoms. The molecule has 0 heterocycles. The lowest BCUT2D eigenvalue weighted by Gasteiger charge is -2.14. The summed E-state index contributed by atoms with van der Waals surface area (Å²) in [6.07, 6.45) is 2.11. The Balaban J connectivity index is 2.94. The Bertz CT molecular complexity index is 281. The number of anilines is 1. The molecule has 0 aliphatic carbocycles. The Labute approximate surface area is 84.9 Å². The quantitative estimate of drug-likeness (QED) is 0.740. The maximum absolute atomic E-state index is 3.43. The van der Waals surface area contributed by atoms with Crippen molar-refractivity contribution in [3.8, 4) is 0 Å². The van der Waals surface area contributed by atoms with E-state index in [9.17, 15) is 0 Å². The molecule has 0 saturated heterocycles. The van der Waals surface area contributed by atoms with Crippen molar-refractivity contribution in [2.75, 3.05) is 11.6 Å². The molecule has 0 bridgehead atoms. The molecule has 1 rings (SSSR count). The van der Waals surface area contributed by atoms with Gasteiger partial charge >= 0.3 is 0 Å². The lowest BCUT2D eigenvalue weighted by molar-refractivity contribution is 0.895. The smallest absolute Gasteiger partial charge is 0.0383 e. The highest BCUT2D eigenvalue weighted by Gasteiger charge is 2.02. The molecular weight excluding hydrogens is 178 g/mol. The van der Waals surface area contributed by atoms with E-state index in [1.165, 1.54) is 16.1 Å². The van der Waals surface area contributed by atoms with Gasteiger partial charge in [0.15, 0.2) is 0 Å². The average molecular weight is 195 g/mol. The first-order valence-corrected chi connectivity index (χ1v) is 5.77. The van der Waals surface area contributed by atoms with Crippen LogP contribution >= 0.6 is 11.8 Å². The van der Waals surface area contributed by atoms with Crippen LogP contribution in [0, 0.1) is 6.92 Å². The Morgan fingerprint density at radius 1 is 1.31 bits per heavy atom. The van der Waals surface area contributed by atoms with Crippen molar-refractivity contribution in [3.05, 3.63) is 23.8 Å². The van der Waals surface area contributed by atoms with Crippen LogP contribution < -0.4 is 5.32 Å². The second-order valence-electron chi connectivity index (χ2n) is 3.43. The minimum Gasteiger partial charge on any atom is -0.383 e. The Kier molecular flexibility index (Phi) is 3.67. The van der Waals surface area contributed by atoms with Gasteiger partial charge in [0.1, 0.15) is 0 Å². The predicted molar refractivity (Wildman–Crippen MR) is 61.7 cm³/mol. The van der Waals surface area contributed by atoms with Crippen molar-refractivity contribution in [1.29, 1.82) is 0 Å². The van der Waals surface area contributed by atoms with Crippen LogP contribution in [0.25, 0.3) is 0 Å². The molecule has 0 aliphatic rings. The van der Waals surface area contributed by atoms with E-state index in [1.807, 2.05) is 0 Å². The van der Waals surface area contributed by atoms with Crippen LogP contribution in [-0.2, 0) is 0 Å².